The number of fused-ring (bicyclic) bond motifs is 1. The fourth-order valence-corrected chi connectivity index (χ4v) is 4.03. The van der Waals surface area contributed by atoms with E-state index in [2.05, 4.69) is 24.0 Å². The Balaban J connectivity index is 1.51. The summed E-state index contributed by atoms with van der Waals surface area (Å²) in [4.78, 5) is 24.6. The summed E-state index contributed by atoms with van der Waals surface area (Å²) in [6.45, 7) is 5.86. The molecule has 1 amide bonds. The quantitative estimate of drug-likeness (QED) is 0.679. The number of amides is 1. The van der Waals surface area contributed by atoms with Gasteiger partial charge in [0.1, 0.15) is 17.8 Å². The van der Waals surface area contributed by atoms with Crippen molar-refractivity contribution in [2.24, 2.45) is 5.73 Å². The SMILES string of the molecule is CCCn1cnnc1-c1cccc(N2Cc3c(cc(C4(C)CC4)nc3CN)C2=O)n1. The third-order valence-electron chi connectivity index (χ3n) is 6.13. The molecule has 0 atom stereocenters. The number of hydrogen-bond acceptors (Lipinski definition) is 6. The predicted molar refractivity (Wildman–Crippen MR) is 113 cm³/mol. The molecule has 8 heteroatoms. The van der Waals surface area contributed by atoms with Crippen LogP contribution in [0.15, 0.2) is 30.6 Å². The molecule has 1 saturated carbocycles. The van der Waals surface area contributed by atoms with Gasteiger partial charge in [-0.2, -0.15) is 0 Å². The number of aryl methyl sites for hydroxylation is 1. The molecule has 5 rings (SSSR count). The first kappa shape index (κ1) is 18.9. The number of rotatable bonds is 6. The molecule has 0 spiro atoms. The highest BCUT2D eigenvalue weighted by molar-refractivity contribution is 6.09. The molecule has 1 aliphatic carbocycles. The Morgan fingerprint density at radius 3 is 2.80 bits per heavy atom. The second kappa shape index (κ2) is 6.98. The zero-order valence-electron chi connectivity index (χ0n) is 17.3. The third-order valence-corrected chi connectivity index (χ3v) is 6.13. The Labute approximate surface area is 175 Å². The molecule has 3 aromatic rings. The fourth-order valence-electron chi connectivity index (χ4n) is 4.03. The van der Waals surface area contributed by atoms with Gasteiger partial charge in [0.15, 0.2) is 5.82 Å². The highest BCUT2D eigenvalue weighted by atomic mass is 16.2. The van der Waals surface area contributed by atoms with E-state index in [1.807, 2.05) is 28.8 Å². The first-order valence-corrected chi connectivity index (χ1v) is 10.4. The normalized spacial score (nSPS) is 16.8. The van der Waals surface area contributed by atoms with E-state index >= 15 is 0 Å². The summed E-state index contributed by atoms with van der Waals surface area (Å²) in [5.41, 5.74) is 10.2. The lowest BCUT2D eigenvalue weighted by molar-refractivity contribution is 0.0996. The summed E-state index contributed by atoms with van der Waals surface area (Å²) >= 11 is 0. The molecule has 1 aliphatic heterocycles. The molecule has 30 heavy (non-hydrogen) atoms. The van der Waals surface area contributed by atoms with Crippen LogP contribution >= 0.6 is 0 Å². The second-order valence-electron chi connectivity index (χ2n) is 8.37. The van der Waals surface area contributed by atoms with Crippen LogP contribution < -0.4 is 10.6 Å². The summed E-state index contributed by atoms with van der Waals surface area (Å²) in [5, 5.41) is 8.25. The van der Waals surface area contributed by atoms with E-state index in [0.717, 1.165) is 42.8 Å². The molecule has 0 aromatic carbocycles. The molecule has 1 fully saturated rings. The molecular formula is C22H25N7O. The van der Waals surface area contributed by atoms with E-state index < -0.39 is 0 Å². The summed E-state index contributed by atoms with van der Waals surface area (Å²) < 4.78 is 1.98. The number of nitrogens with two attached hydrogens (primary N) is 1. The summed E-state index contributed by atoms with van der Waals surface area (Å²) in [7, 11) is 0. The molecule has 2 aliphatic rings. The van der Waals surface area contributed by atoms with Gasteiger partial charge in [-0.3, -0.25) is 14.7 Å². The number of carbonyl (C=O) groups is 1. The van der Waals surface area contributed by atoms with Gasteiger partial charge in [-0.25, -0.2) is 4.98 Å². The average molecular weight is 403 g/mol. The smallest absolute Gasteiger partial charge is 0.260 e. The molecular weight excluding hydrogens is 378 g/mol. The molecule has 0 saturated heterocycles. The van der Waals surface area contributed by atoms with Crippen molar-refractivity contribution >= 4 is 11.7 Å². The van der Waals surface area contributed by atoms with Crippen LogP contribution in [-0.2, 0) is 25.0 Å². The summed E-state index contributed by atoms with van der Waals surface area (Å²) in [6.07, 6.45) is 4.88. The van der Waals surface area contributed by atoms with E-state index in [-0.39, 0.29) is 11.3 Å². The average Bonchev–Trinajstić information content (AvgIpc) is 3.20. The van der Waals surface area contributed by atoms with Crippen LogP contribution in [0, 0.1) is 0 Å². The van der Waals surface area contributed by atoms with Gasteiger partial charge in [0.25, 0.3) is 5.91 Å². The highest BCUT2D eigenvalue weighted by Crippen LogP contribution is 2.47. The largest absolute Gasteiger partial charge is 0.325 e. The van der Waals surface area contributed by atoms with Crippen molar-refractivity contribution in [3.63, 3.8) is 0 Å². The van der Waals surface area contributed by atoms with Crippen LogP contribution in [-0.4, -0.2) is 30.6 Å². The maximum atomic E-state index is 13.3. The van der Waals surface area contributed by atoms with Crippen LogP contribution in [0.5, 0.6) is 0 Å². The molecule has 3 aromatic heterocycles. The Morgan fingerprint density at radius 1 is 1.23 bits per heavy atom. The zero-order valence-corrected chi connectivity index (χ0v) is 17.3. The number of pyridine rings is 2. The van der Waals surface area contributed by atoms with Crippen molar-refractivity contribution in [3.8, 4) is 11.5 Å². The minimum Gasteiger partial charge on any atom is -0.325 e. The first-order valence-electron chi connectivity index (χ1n) is 10.4. The van der Waals surface area contributed by atoms with Gasteiger partial charge >= 0.3 is 0 Å². The van der Waals surface area contributed by atoms with E-state index in [4.69, 9.17) is 15.7 Å². The summed E-state index contributed by atoms with van der Waals surface area (Å²) in [6, 6.07) is 7.61. The summed E-state index contributed by atoms with van der Waals surface area (Å²) in [5.74, 6) is 1.25. The van der Waals surface area contributed by atoms with E-state index in [9.17, 15) is 4.79 Å². The fraction of sp³-hybridized carbons (Fsp3) is 0.409. The molecule has 0 radical (unpaired) electrons. The molecule has 8 nitrogen and oxygen atoms in total. The van der Waals surface area contributed by atoms with E-state index in [1.165, 1.54) is 0 Å². The van der Waals surface area contributed by atoms with Crippen molar-refractivity contribution in [1.82, 2.24) is 24.7 Å². The van der Waals surface area contributed by atoms with Crippen LogP contribution in [0.4, 0.5) is 5.82 Å². The van der Waals surface area contributed by atoms with Crippen LogP contribution in [0.1, 0.15) is 60.4 Å². The van der Waals surface area contributed by atoms with Gasteiger partial charge in [-0.1, -0.05) is 19.9 Å². The van der Waals surface area contributed by atoms with E-state index in [1.54, 1.807) is 11.2 Å². The molecule has 2 N–H and O–H groups in total. The number of carbonyl (C=O) groups excluding carboxylic acids is 1. The van der Waals surface area contributed by atoms with Crippen LogP contribution in [0.25, 0.3) is 11.5 Å². The maximum Gasteiger partial charge on any atom is 0.260 e. The molecule has 0 unspecified atom stereocenters. The second-order valence-corrected chi connectivity index (χ2v) is 8.37. The Kier molecular flexibility index (Phi) is 4.39. The maximum absolute atomic E-state index is 13.3. The standard InChI is InChI=1S/C22H25N7O/c1-3-9-28-13-24-27-20(28)16-5-4-6-19(26-16)29-12-15-14(21(29)30)10-18(22(2)7-8-22)25-17(15)11-23/h4-6,10,13H,3,7-9,11-12,23H2,1-2H3. The van der Waals surface area contributed by atoms with Crippen LogP contribution in [0.3, 0.4) is 0 Å². The number of aromatic nitrogens is 5. The lowest BCUT2D eigenvalue weighted by Gasteiger charge is -2.15. The lowest BCUT2D eigenvalue weighted by atomic mass is 9.99. The number of hydrogen-bond donors (Lipinski definition) is 1. The molecule has 154 valence electrons. The van der Waals surface area contributed by atoms with Gasteiger partial charge in [-0.05, 0) is 37.5 Å². The minimum atomic E-state index is -0.0488. The third kappa shape index (κ3) is 2.99. The van der Waals surface area contributed by atoms with Gasteiger partial charge in [0, 0.05) is 35.3 Å². The monoisotopic (exact) mass is 403 g/mol. The van der Waals surface area contributed by atoms with Crippen molar-refractivity contribution in [2.75, 3.05) is 4.90 Å². The predicted octanol–water partition coefficient (Wildman–Crippen LogP) is 2.82. The molecule has 0 bridgehead atoms. The van der Waals surface area contributed by atoms with Gasteiger partial charge in [0.05, 0.1) is 12.2 Å². The van der Waals surface area contributed by atoms with Crippen molar-refractivity contribution in [1.29, 1.82) is 0 Å². The van der Waals surface area contributed by atoms with E-state index in [0.29, 0.717) is 36.0 Å². The topological polar surface area (TPSA) is 103 Å². The number of anilines is 1. The van der Waals surface area contributed by atoms with Gasteiger partial charge in [-0.15, -0.1) is 10.2 Å². The lowest BCUT2D eigenvalue weighted by Crippen LogP contribution is -2.24. The highest BCUT2D eigenvalue weighted by Gasteiger charge is 2.43. The van der Waals surface area contributed by atoms with Gasteiger partial charge in [0.2, 0.25) is 0 Å². The first-order chi connectivity index (χ1) is 14.5. The van der Waals surface area contributed by atoms with Crippen LogP contribution in [0.2, 0.25) is 0 Å². The van der Waals surface area contributed by atoms with Crippen molar-refractivity contribution in [3.05, 3.63) is 53.1 Å². The van der Waals surface area contributed by atoms with Crippen molar-refractivity contribution < 1.29 is 4.79 Å². The Hall–Kier alpha value is -3.13. The zero-order chi connectivity index (χ0) is 20.9. The number of nitrogens with zero attached hydrogens (tertiary/aromatic N) is 6. The Bertz CT molecular complexity index is 1130. The van der Waals surface area contributed by atoms with Gasteiger partial charge < -0.3 is 10.3 Å². The van der Waals surface area contributed by atoms with Crippen molar-refractivity contribution in [2.45, 2.75) is 58.2 Å². The Morgan fingerprint density at radius 2 is 2.07 bits per heavy atom. The molecule has 4 heterocycles. The minimum absolute atomic E-state index is 0.0488.